The van der Waals surface area contributed by atoms with E-state index in [2.05, 4.69) is 40.2 Å². The summed E-state index contributed by atoms with van der Waals surface area (Å²) in [4.78, 5) is 60.9. The number of ether oxygens (including phenoxy) is 11. The van der Waals surface area contributed by atoms with E-state index in [9.17, 15) is 24.0 Å². The SMILES string of the molecule is CCOC(=O)C(N)(CC)CCOCCOCCOCCNC(=O)OC(C)(C)C.CCOC(=O)[C@@](CC)(CCOCCOCCOCCNC(=O)OC(C)(C)C)NC(=O)OCC1c2ccccc2-c2ccccc21. The van der Waals surface area contributed by atoms with Gasteiger partial charge in [-0.15, -0.1) is 0 Å². The third-order valence-corrected chi connectivity index (χ3v) is 11.0. The highest BCUT2D eigenvalue weighted by atomic mass is 16.6. The molecule has 20 heteroatoms. The molecule has 1 aliphatic rings. The Balaban J connectivity index is 0.000000562. The summed E-state index contributed by atoms with van der Waals surface area (Å²) in [7, 11) is 0. The second-order valence-corrected chi connectivity index (χ2v) is 18.9. The molecule has 2 atom stereocenters. The van der Waals surface area contributed by atoms with Crippen LogP contribution in [0, 0.1) is 0 Å². The number of hydrogen-bond donors (Lipinski definition) is 4. The summed E-state index contributed by atoms with van der Waals surface area (Å²) in [6, 6.07) is 16.2. The number of hydrogen-bond acceptors (Lipinski definition) is 17. The summed E-state index contributed by atoms with van der Waals surface area (Å²) in [5.41, 5.74) is 7.20. The van der Waals surface area contributed by atoms with E-state index in [0.29, 0.717) is 112 Å². The Bertz CT molecular complexity index is 1880. The second-order valence-electron chi connectivity index (χ2n) is 18.9. The highest BCUT2D eigenvalue weighted by molar-refractivity contribution is 5.86. The van der Waals surface area contributed by atoms with Crippen LogP contribution in [0.25, 0.3) is 11.1 Å². The first-order chi connectivity index (χ1) is 34.7. The molecule has 0 fully saturated rings. The van der Waals surface area contributed by atoms with Crippen molar-refractivity contribution in [2.75, 3.05) is 112 Å². The third-order valence-electron chi connectivity index (χ3n) is 11.0. The Morgan fingerprint density at radius 1 is 0.493 bits per heavy atom. The molecule has 73 heavy (non-hydrogen) atoms. The van der Waals surface area contributed by atoms with Gasteiger partial charge in [0.15, 0.2) is 0 Å². The van der Waals surface area contributed by atoms with E-state index in [1.807, 2.05) is 38.1 Å². The van der Waals surface area contributed by atoms with E-state index in [1.54, 1.807) is 55.4 Å². The van der Waals surface area contributed by atoms with Crippen molar-refractivity contribution in [2.24, 2.45) is 5.73 Å². The average molecular weight is 1040 g/mol. The Morgan fingerprint density at radius 2 is 0.890 bits per heavy atom. The summed E-state index contributed by atoms with van der Waals surface area (Å²) in [6.45, 7) is 23.6. The quantitative estimate of drug-likeness (QED) is 0.0325. The van der Waals surface area contributed by atoms with Gasteiger partial charge in [-0.05, 0) is 96.9 Å². The summed E-state index contributed by atoms with van der Waals surface area (Å²) < 4.78 is 59.1. The van der Waals surface area contributed by atoms with Crippen molar-refractivity contribution in [1.82, 2.24) is 16.0 Å². The van der Waals surface area contributed by atoms with Crippen LogP contribution in [0.15, 0.2) is 48.5 Å². The van der Waals surface area contributed by atoms with Crippen molar-refractivity contribution < 1.29 is 76.1 Å². The molecule has 2 aromatic rings. The number of rotatable bonds is 33. The average Bonchev–Trinajstić information content (AvgIpc) is 3.66. The maximum absolute atomic E-state index is 13.1. The Hall–Kier alpha value is -5.09. The minimum absolute atomic E-state index is 0.0931. The number of carbonyl (C=O) groups is 5. The van der Waals surface area contributed by atoms with Crippen molar-refractivity contribution in [2.45, 2.75) is 123 Å². The number of esters is 2. The van der Waals surface area contributed by atoms with Crippen LogP contribution in [-0.2, 0) is 61.7 Å². The number of carbonyl (C=O) groups excluding carboxylic acids is 5. The maximum Gasteiger partial charge on any atom is 0.408 e. The van der Waals surface area contributed by atoms with Crippen LogP contribution in [-0.4, -0.2) is 165 Å². The standard InChI is InChI=1S/C34H48N2O9.C19H38N2O7/c1-6-34(30(37)43-7-2,16-18-40-20-22-42-23-21-41-19-17-35-31(38)45-33(3,4)5)36-32(39)44-24-29-27-14-10-8-12-25(27)26-13-9-11-15-28(26)29;1-6-19(20,16(22)27-7-2)8-10-24-12-14-26-15-13-25-11-9-21-17(23)28-18(3,4)5/h8-15,29H,6-7,16-24H2,1-5H3,(H,35,38)(H,36,39);6-15,20H2,1-5H3,(H,21,23)/t34-;/m1./s1. The third kappa shape index (κ3) is 25.6. The monoisotopic (exact) mass is 1030 g/mol. The normalized spacial score (nSPS) is 13.7. The Kier molecular flexibility index (Phi) is 30.2. The number of alkyl carbamates (subject to hydrolysis) is 3. The fourth-order valence-electron chi connectivity index (χ4n) is 7.09. The lowest BCUT2D eigenvalue weighted by atomic mass is 9.92. The molecule has 0 bridgehead atoms. The van der Waals surface area contributed by atoms with Gasteiger partial charge in [0.05, 0.1) is 79.3 Å². The largest absolute Gasteiger partial charge is 0.465 e. The zero-order valence-corrected chi connectivity index (χ0v) is 45.2. The molecule has 20 nitrogen and oxygen atoms in total. The first kappa shape index (κ1) is 64.0. The summed E-state index contributed by atoms with van der Waals surface area (Å²) in [5.74, 6) is -1.01. The molecular formula is C53H86N4O16. The second kappa shape index (κ2) is 34.4. The highest BCUT2D eigenvalue weighted by Crippen LogP contribution is 2.44. The van der Waals surface area contributed by atoms with Crippen LogP contribution in [0.3, 0.4) is 0 Å². The minimum Gasteiger partial charge on any atom is -0.465 e. The Labute approximate surface area is 432 Å². The van der Waals surface area contributed by atoms with Crippen LogP contribution in [0.2, 0.25) is 0 Å². The fourth-order valence-corrected chi connectivity index (χ4v) is 7.09. The zero-order valence-electron chi connectivity index (χ0n) is 45.2. The molecule has 0 aliphatic heterocycles. The number of amides is 3. The van der Waals surface area contributed by atoms with E-state index in [1.165, 1.54) is 0 Å². The smallest absolute Gasteiger partial charge is 0.408 e. The fraction of sp³-hybridized carbons (Fsp3) is 0.679. The highest BCUT2D eigenvalue weighted by Gasteiger charge is 2.41. The van der Waals surface area contributed by atoms with E-state index >= 15 is 0 Å². The van der Waals surface area contributed by atoms with E-state index in [4.69, 9.17) is 57.8 Å². The number of nitrogens with one attached hydrogen (secondary N) is 3. The molecule has 3 amide bonds. The molecule has 5 N–H and O–H groups in total. The predicted octanol–water partition coefficient (Wildman–Crippen LogP) is 6.82. The van der Waals surface area contributed by atoms with Crippen molar-refractivity contribution in [3.05, 3.63) is 59.7 Å². The van der Waals surface area contributed by atoms with Crippen molar-refractivity contribution in [3.8, 4) is 11.1 Å². The topological polar surface area (TPSA) is 249 Å². The van der Waals surface area contributed by atoms with E-state index in [-0.39, 0.29) is 32.2 Å². The van der Waals surface area contributed by atoms with Gasteiger partial charge in [0.25, 0.3) is 0 Å². The summed E-state index contributed by atoms with van der Waals surface area (Å²) in [6.07, 6.45) is -0.227. The molecule has 0 heterocycles. The molecule has 3 rings (SSSR count). The van der Waals surface area contributed by atoms with Gasteiger partial charge in [-0.3, -0.25) is 4.79 Å². The van der Waals surface area contributed by atoms with Crippen LogP contribution in [0.1, 0.15) is 112 Å². The first-order valence-electron chi connectivity index (χ1n) is 25.4. The van der Waals surface area contributed by atoms with Crippen LogP contribution < -0.4 is 21.7 Å². The first-order valence-corrected chi connectivity index (χ1v) is 25.4. The number of nitrogens with two attached hydrogens (primary N) is 1. The molecule has 1 aliphatic carbocycles. The number of benzene rings is 2. The molecule has 414 valence electrons. The lowest BCUT2D eigenvalue weighted by Crippen LogP contribution is -2.56. The molecule has 0 aromatic heterocycles. The van der Waals surface area contributed by atoms with Gasteiger partial charge in [0, 0.05) is 38.6 Å². The van der Waals surface area contributed by atoms with Crippen LogP contribution >= 0.6 is 0 Å². The van der Waals surface area contributed by atoms with E-state index in [0.717, 1.165) is 22.3 Å². The van der Waals surface area contributed by atoms with Gasteiger partial charge in [-0.25, -0.2) is 19.2 Å². The van der Waals surface area contributed by atoms with Gasteiger partial charge in [-0.2, -0.15) is 0 Å². The molecule has 0 saturated heterocycles. The van der Waals surface area contributed by atoms with Crippen LogP contribution in [0.5, 0.6) is 0 Å². The molecule has 1 unspecified atom stereocenters. The lowest BCUT2D eigenvalue weighted by Gasteiger charge is -2.31. The van der Waals surface area contributed by atoms with Gasteiger partial charge < -0.3 is 73.8 Å². The van der Waals surface area contributed by atoms with Gasteiger partial charge in [-0.1, -0.05) is 62.4 Å². The van der Waals surface area contributed by atoms with Crippen molar-refractivity contribution >= 4 is 30.2 Å². The minimum atomic E-state index is -1.29. The number of fused-ring (bicyclic) bond motifs is 3. The van der Waals surface area contributed by atoms with Gasteiger partial charge in [0.2, 0.25) is 0 Å². The lowest BCUT2D eigenvalue weighted by molar-refractivity contribution is -0.152. The maximum atomic E-state index is 13.1. The molecule has 2 aromatic carbocycles. The molecule has 0 saturated carbocycles. The summed E-state index contributed by atoms with van der Waals surface area (Å²) in [5, 5.41) is 8.02. The summed E-state index contributed by atoms with van der Waals surface area (Å²) >= 11 is 0. The van der Waals surface area contributed by atoms with Crippen LogP contribution in [0.4, 0.5) is 14.4 Å². The van der Waals surface area contributed by atoms with Gasteiger partial charge >= 0.3 is 30.2 Å². The van der Waals surface area contributed by atoms with Gasteiger partial charge in [0.1, 0.15) is 28.9 Å². The van der Waals surface area contributed by atoms with Crippen molar-refractivity contribution in [1.29, 1.82) is 0 Å². The molecular weight excluding hydrogens is 949 g/mol. The van der Waals surface area contributed by atoms with Crippen molar-refractivity contribution in [3.63, 3.8) is 0 Å². The molecule has 0 radical (unpaired) electrons. The predicted molar refractivity (Wildman–Crippen MR) is 274 cm³/mol. The Morgan fingerprint density at radius 3 is 1.30 bits per heavy atom. The van der Waals surface area contributed by atoms with E-state index < -0.39 is 52.5 Å². The zero-order chi connectivity index (χ0) is 54.2. The molecule has 0 spiro atoms.